The van der Waals surface area contributed by atoms with Crippen molar-refractivity contribution in [3.63, 3.8) is 0 Å². The zero-order valence-electron chi connectivity index (χ0n) is 19.7. The van der Waals surface area contributed by atoms with Gasteiger partial charge in [0.1, 0.15) is 12.6 Å². The summed E-state index contributed by atoms with van der Waals surface area (Å²) in [4.78, 5) is 27.7. The van der Waals surface area contributed by atoms with E-state index in [1.165, 1.54) is 29.2 Å². The Balaban J connectivity index is 2.45. The summed E-state index contributed by atoms with van der Waals surface area (Å²) in [5.74, 6) is -1.00. The van der Waals surface area contributed by atoms with Crippen LogP contribution in [0.2, 0.25) is 20.1 Å². The van der Waals surface area contributed by atoms with Crippen LogP contribution < -0.4 is 9.62 Å². The number of anilines is 1. The largest absolute Gasteiger partial charge is 0.352 e. The molecule has 7 nitrogen and oxygen atoms in total. The molecule has 12 heteroatoms. The summed E-state index contributed by atoms with van der Waals surface area (Å²) in [7, 11) is -3.91. The molecule has 35 heavy (non-hydrogen) atoms. The van der Waals surface area contributed by atoms with Crippen LogP contribution in [0.1, 0.15) is 32.8 Å². The molecule has 0 aliphatic carbocycles. The van der Waals surface area contributed by atoms with E-state index in [9.17, 15) is 18.0 Å². The number of nitrogens with zero attached hydrogens (tertiary/aromatic N) is 2. The average molecular weight is 583 g/mol. The zero-order valence-corrected chi connectivity index (χ0v) is 23.5. The minimum absolute atomic E-state index is 0.0438. The summed E-state index contributed by atoms with van der Waals surface area (Å²) in [6.07, 6.45) is 1.67. The van der Waals surface area contributed by atoms with Crippen LogP contribution in [0.5, 0.6) is 0 Å². The fraction of sp³-hybridized carbons (Fsp3) is 0.391. The second kappa shape index (κ2) is 12.5. The SMILES string of the molecule is CC[C@H](C)NC(=O)[C@@H](C)N(Cc1ccc(Cl)cc1Cl)C(=O)CN(c1cc(Cl)cc(Cl)c1)S(C)(=O)=O. The van der Waals surface area contributed by atoms with Crippen LogP contribution in [0.3, 0.4) is 0 Å². The van der Waals surface area contributed by atoms with E-state index < -0.39 is 28.5 Å². The number of carbonyl (C=O) groups excluding carboxylic acids is 2. The lowest BCUT2D eigenvalue weighted by atomic mass is 10.1. The topological polar surface area (TPSA) is 86.8 Å². The van der Waals surface area contributed by atoms with Crippen molar-refractivity contribution >= 4 is 73.9 Å². The van der Waals surface area contributed by atoms with Gasteiger partial charge in [-0.05, 0) is 56.2 Å². The quantitative estimate of drug-likeness (QED) is 0.406. The molecule has 1 N–H and O–H groups in total. The molecule has 0 aliphatic rings. The van der Waals surface area contributed by atoms with Crippen molar-refractivity contribution in [1.29, 1.82) is 0 Å². The normalized spacial score (nSPS) is 13.1. The molecule has 0 bridgehead atoms. The van der Waals surface area contributed by atoms with E-state index in [0.717, 1.165) is 10.6 Å². The standard InChI is InChI=1S/C23H27Cl4N3O4S/c1-5-14(2)28-23(32)15(3)29(12-16-6-7-17(24)11-21(16)27)22(31)13-30(35(4,33)34)20-9-18(25)8-19(26)10-20/h6-11,14-15H,5,12-13H2,1-4H3,(H,28,32)/t14-,15+/m0/s1. The molecule has 0 aliphatic heterocycles. The summed E-state index contributed by atoms with van der Waals surface area (Å²) in [6.45, 7) is 4.72. The first-order chi connectivity index (χ1) is 16.2. The first-order valence-corrected chi connectivity index (χ1v) is 14.1. The fourth-order valence-corrected chi connectivity index (χ4v) is 4.99. The van der Waals surface area contributed by atoms with E-state index in [2.05, 4.69) is 5.32 Å². The molecule has 0 aromatic heterocycles. The zero-order chi connectivity index (χ0) is 26.5. The Morgan fingerprint density at radius 3 is 2.09 bits per heavy atom. The Hall–Kier alpha value is -1.71. The Morgan fingerprint density at radius 2 is 1.57 bits per heavy atom. The lowest BCUT2D eigenvalue weighted by molar-refractivity contribution is -0.139. The average Bonchev–Trinajstić information content (AvgIpc) is 2.74. The predicted molar refractivity (Wildman–Crippen MR) is 143 cm³/mol. The van der Waals surface area contributed by atoms with Gasteiger partial charge in [0.25, 0.3) is 0 Å². The number of carbonyl (C=O) groups is 2. The summed E-state index contributed by atoms with van der Waals surface area (Å²) >= 11 is 24.4. The summed E-state index contributed by atoms with van der Waals surface area (Å²) in [6, 6.07) is 7.99. The minimum Gasteiger partial charge on any atom is -0.352 e. The molecule has 2 amide bonds. The molecule has 0 unspecified atom stereocenters. The van der Waals surface area contributed by atoms with Gasteiger partial charge in [0.2, 0.25) is 21.8 Å². The van der Waals surface area contributed by atoms with Crippen LogP contribution in [-0.2, 0) is 26.2 Å². The van der Waals surface area contributed by atoms with Crippen molar-refractivity contribution in [3.05, 3.63) is 62.1 Å². The van der Waals surface area contributed by atoms with E-state index in [1.54, 1.807) is 19.1 Å². The van der Waals surface area contributed by atoms with Crippen LogP contribution >= 0.6 is 46.4 Å². The maximum absolute atomic E-state index is 13.5. The van der Waals surface area contributed by atoms with Gasteiger partial charge in [0.05, 0.1) is 11.9 Å². The van der Waals surface area contributed by atoms with Gasteiger partial charge < -0.3 is 10.2 Å². The van der Waals surface area contributed by atoms with E-state index >= 15 is 0 Å². The van der Waals surface area contributed by atoms with Gasteiger partial charge in [-0.25, -0.2) is 8.42 Å². The Morgan fingerprint density at radius 1 is 0.971 bits per heavy atom. The van der Waals surface area contributed by atoms with Crippen LogP contribution in [-0.4, -0.2) is 50.0 Å². The van der Waals surface area contributed by atoms with Crippen molar-refractivity contribution in [2.24, 2.45) is 0 Å². The molecule has 0 saturated carbocycles. The third-order valence-corrected chi connectivity index (χ3v) is 7.50. The molecule has 2 aromatic rings. The highest BCUT2D eigenvalue weighted by molar-refractivity contribution is 7.92. The van der Waals surface area contributed by atoms with Gasteiger partial charge in [-0.15, -0.1) is 0 Å². The molecule has 2 aromatic carbocycles. The lowest BCUT2D eigenvalue weighted by Gasteiger charge is -2.32. The van der Waals surface area contributed by atoms with Crippen molar-refractivity contribution in [2.75, 3.05) is 17.1 Å². The van der Waals surface area contributed by atoms with E-state index in [4.69, 9.17) is 46.4 Å². The summed E-state index contributed by atoms with van der Waals surface area (Å²) < 4.78 is 26.1. The molecule has 2 atom stereocenters. The maximum atomic E-state index is 13.5. The number of hydrogen-bond donors (Lipinski definition) is 1. The molecule has 0 saturated heterocycles. The Labute approximate surface area is 226 Å². The highest BCUT2D eigenvalue weighted by Crippen LogP contribution is 2.28. The van der Waals surface area contributed by atoms with E-state index in [0.29, 0.717) is 22.0 Å². The van der Waals surface area contributed by atoms with Crippen molar-refractivity contribution in [3.8, 4) is 0 Å². The Kier molecular flexibility index (Phi) is 10.5. The van der Waals surface area contributed by atoms with Crippen molar-refractivity contribution < 1.29 is 18.0 Å². The van der Waals surface area contributed by atoms with Gasteiger partial charge >= 0.3 is 0 Å². The first-order valence-electron chi connectivity index (χ1n) is 10.7. The third kappa shape index (κ3) is 8.43. The highest BCUT2D eigenvalue weighted by atomic mass is 35.5. The third-order valence-electron chi connectivity index (χ3n) is 5.34. The monoisotopic (exact) mass is 581 g/mol. The Bertz CT molecular complexity index is 1170. The molecule has 0 radical (unpaired) electrons. The number of rotatable bonds is 10. The van der Waals surface area contributed by atoms with Gasteiger partial charge in [-0.1, -0.05) is 59.4 Å². The lowest BCUT2D eigenvalue weighted by Crippen LogP contribution is -2.52. The highest BCUT2D eigenvalue weighted by Gasteiger charge is 2.31. The molecule has 192 valence electrons. The molecular weight excluding hydrogens is 556 g/mol. The molecule has 0 fully saturated rings. The van der Waals surface area contributed by atoms with Crippen molar-refractivity contribution in [1.82, 2.24) is 10.2 Å². The minimum atomic E-state index is -3.91. The summed E-state index contributed by atoms with van der Waals surface area (Å²) in [5, 5.41) is 4.00. The van der Waals surface area contributed by atoms with Crippen molar-refractivity contribution in [2.45, 2.75) is 45.8 Å². The number of hydrogen-bond acceptors (Lipinski definition) is 4. The van der Waals surface area contributed by atoms with Gasteiger partial charge in [-0.2, -0.15) is 0 Å². The van der Waals surface area contributed by atoms with Gasteiger partial charge in [0, 0.05) is 32.7 Å². The van der Waals surface area contributed by atoms with E-state index in [-0.39, 0.29) is 34.2 Å². The predicted octanol–water partition coefficient (Wildman–Crippen LogP) is 5.40. The van der Waals surface area contributed by atoms with Crippen LogP contribution in [0.15, 0.2) is 36.4 Å². The number of amides is 2. The maximum Gasteiger partial charge on any atom is 0.244 e. The number of nitrogens with one attached hydrogen (secondary N) is 1. The van der Waals surface area contributed by atoms with E-state index in [1.807, 2.05) is 13.8 Å². The van der Waals surface area contributed by atoms with Crippen LogP contribution in [0.4, 0.5) is 5.69 Å². The second-order valence-electron chi connectivity index (χ2n) is 8.15. The van der Waals surface area contributed by atoms with Crippen LogP contribution in [0, 0.1) is 0 Å². The molecule has 0 spiro atoms. The number of benzene rings is 2. The fourth-order valence-electron chi connectivity index (χ4n) is 3.18. The summed E-state index contributed by atoms with van der Waals surface area (Å²) in [5.41, 5.74) is 0.670. The number of halogens is 4. The van der Waals surface area contributed by atoms with Crippen LogP contribution in [0.25, 0.3) is 0 Å². The smallest absolute Gasteiger partial charge is 0.244 e. The number of sulfonamides is 1. The molecular formula is C23H27Cl4N3O4S. The first kappa shape index (κ1) is 29.5. The van der Waals surface area contributed by atoms with Gasteiger partial charge in [0.15, 0.2) is 0 Å². The second-order valence-corrected chi connectivity index (χ2v) is 11.8. The molecule has 0 heterocycles. The van der Waals surface area contributed by atoms with Gasteiger partial charge in [-0.3, -0.25) is 13.9 Å². The molecule has 2 rings (SSSR count).